The molecule has 15 nitrogen and oxygen atoms in total. The van der Waals surface area contributed by atoms with Crippen LogP contribution in [0.1, 0.15) is 27.0 Å². The summed E-state index contributed by atoms with van der Waals surface area (Å²) in [7, 11) is 0. The Kier molecular flexibility index (Phi) is 7.48. The first-order valence-corrected chi connectivity index (χ1v) is 10.2. The fraction of sp³-hybridized carbons (Fsp3) is 0.579. The van der Waals surface area contributed by atoms with Gasteiger partial charge < -0.3 is 34.6 Å². The highest BCUT2D eigenvalue weighted by Gasteiger charge is 2.55. The van der Waals surface area contributed by atoms with Gasteiger partial charge in [0.1, 0.15) is 18.8 Å². The molecule has 0 spiro atoms. The Morgan fingerprint density at radius 1 is 1.18 bits per heavy atom. The molecule has 0 radical (unpaired) electrons. The van der Waals surface area contributed by atoms with E-state index in [4.69, 9.17) is 24.7 Å². The maximum Gasteiger partial charge on any atom is 0.418 e. The first-order valence-electron chi connectivity index (χ1n) is 10.2. The molecule has 3 heterocycles. The van der Waals surface area contributed by atoms with Crippen LogP contribution in [-0.4, -0.2) is 75.6 Å². The highest BCUT2D eigenvalue weighted by atomic mass is 16.7. The van der Waals surface area contributed by atoms with Gasteiger partial charge in [0.25, 0.3) is 0 Å². The molecule has 4 N–H and O–H groups in total. The van der Waals surface area contributed by atoms with Crippen molar-refractivity contribution in [3.05, 3.63) is 22.7 Å². The second-order valence-corrected chi connectivity index (χ2v) is 7.88. The third-order valence-corrected chi connectivity index (χ3v) is 4.95. The summed E-state index contributed by atoms with van der Waals surface area (Å²) in [6, 6.07) is -0.0777. The summed E-state index contributed by atoms with van der Waals surface area (Å²) in [5, 5.41) is 9.31. The number of aliphatic hydroxyl groups excluding tert-OH is 1. The van der Waals surface area contributed by atoms with Crippen molar-refractivity contribution in [2.24, 2.45) is 11.7 Å². The lowest BCUT2D eigenvalue weighted by molar-refractivity contribution is -0.195. The summed E-state index contributed by atoms with van der Waals surface area (Å²) in [5.41, 5.74) is 6.68. The molecule has 0 aromatic carbocycles. The van der Waals surface area contributed by atoms with E-state index in [1.165, 1.54) is 19.2 Å². The van der Waals surface area contributed by atoms with Gasteiger partial charge in [0.15, 0.2) is 24.3 Å². The fourth-order valence-corrected chi connectivity index (χ4v) is 3.04. The number of carbonyl (C=O) groups excluding carboxylic acids is 4. The van der Waals surface area contributed by atoms with Crippen LogP contribution in [0, 0.1) is 5.92 Å². The third kappa shape index (κ3) is 5.32. The largest absolute Gasteiger partial charge is 0.463 e. The van der Waals surface area contributed by atoms with Crippen LogP contribution in [0.5, 0.6) is 0 Å². The Balaban J connectivity index is 1.76. The number of nitrogens with one attached hydrogen (secondary N) is 1. The van der Waals surface area contributed by atoms with E-state index in [2.05, 4.69) is 15.3 Å². The molecule has 0 bridgehead atoms. The summed E-state index contributed by atoms with van der Waals surface area (Å²) < 4.78 is 22.0. The van der Waals surface area contributed by atoms with Crippen LogP contribution in [0.25, 0.3) is 0 Å². The number of fused-ring (bicyclic) bond motifs is 1. The van der Waals surface area contributed by atoms with Gasteiger partial charge in [-0.3, -0.25) is 9.36 Å². The topological polar surface area (TPSA) is 208 Å². The third-order valence-electron chi connectivity index (χ3n) is 4.95. The minimum Gasteiger partial charge on any atom is -0.463 e. The molecule has 3 rings (SSSR count). The SMILES string of the molecule is CC(C)C(=O)OC[C@H]1O[C@@H](n2ccc(NOC(=O)[C@@H](N)[C@H](C)O)nc2=O)C2OC(=O)C(=O)OC21. The molecule has 0 amide bonds. The van der Waals surface area contributed by atoms with Crippen molar-refractivity contribution in [1.29, 1.82) is 0 Å². The second-order valence-electron chi connectivity index (χ2n) is 7.88. The number of hydrogen-bond acceptors (Lipinski definition) is 14. The minimum atomic E-state index is -1.32. The van der Waals surface area contributed by atoms with Crippen molar-refractivity contribution in [2.75, 3.05) is 12.1 Å². The molecule has 2 unspecified atom stereocenters. The number of hydrogen-bond donors (Lipinski definition) is 3. The molecule has 2 saturated heterocycles. The lowest BCUT2D eigenvalue weighted by Crippen LogP contribution is -2.49. The number of nitrogens with zero attached hydrogens (tertiary/aromatic N) is 2. The van der Waals surface area contributed by atoms with Crippen LogP contribution in [0.4, 0.5) is 5.82 Å². The molecule has 15 heteroatoms. The molecule has 6 atom stereocenters. The number of anilines is 1. The number of rotatable bonds is 8. The van der Waals surface area contributed by atoms with Crippen molar-refractivity contribution in [3.63, 3.8) is 0 Å². The maximum absolute atomic E-state index is 12.6. The number of ether oxygens (including phenoxy) is 4. The lowest BCUT2D eigenvalue weighted by Gasteiger charge is -2.28. The van der Waals surface area contributed by atoms with E-state index in [9.17, 15) is 29.1 Å². The van der Waals surface area contributed by atoms with E-state index in [1.807, 2.05) is 0 Å². The predicted octanol–water partition coefficient (Wildman–Crippen LogP) is -2.24. The van der Waals surface area contributed by atoms with Crippen molar-refractivity contribution in [1.82, 2.24) is 9.55 Å². The Labute approximate surface area is 192 Å². The Hall–Kier alpha value is -3.56. The average Bonchev–Trinajstić information content (AvgIpc) is 3.12. The molecule has 34 heavy (non-hydrogen) atoms. The molecule has 186 valence electrons. The smallest absolute Gasteiger partial charge is 0.418 e. The Morgan fingerprint density at radius 2 is 1.82 bits per heavy atom. The highest BCUT2D eigenvalue weighted by Crippen LogP contribution is 2.35. The summed E-state index contributed by atoms with van der Waals surface area (Å²) >= 11 is 0. The first kappa shape index (κ1) is 25.1. The molecule has 2 aliphatic rings. The van der Waals surface area contributed by atoms with E-state index < -0.39 is 72.2 Å². The van der Waals surface area contributed by atoms with Gasteiger partial charge in [-0.15, -0.1) is 0 Å². The van der Waals surface area contributed by atoms with Crippen LogP contribution in [0.2, 0.25) is 0 Å². The summed E-state index contributed by atoms with van der Waals surface area (Å²) in [6.45, 7) is 4.23. The lowest BCUT2D eigenvalue weighted by atomic mass is 10.1. The Bertz CT molecular complexity index is 1020. The van der Waals surface area contributed by atoms with Crippen molar-refractivity contribution in [3.8, 4) is 0 Å². The molecule has 0 aliphatic carbocycles. The summed E-state index contributed by atoms with van der Waals surface area (Å²) in [5.74, 6) is -4.62. The number of nitrogens with two attached hydrogens (primary N) is 1. The van der Waals surface area contributed by atoms with E-state index in [1.54, 1.807) is 13.8 Å². The first-order chi connectivity index (χ1) is 16.0. The molecule has 2 fully saturated rings. The quantitative estimate of drug-likeness (QED) is 0.154. The van der Waals surface area contributed by atoms with Crippen molar-refractivity contribution < 1.29 is 48.1 Å². The molecule has 0 saturated carbocycles. The second kappa shape index (κ2) is 10.1. The zero-order chi connectivity index (χ0) is 25.2. The number of esters is 3. The number of aromatic nitrogens is 2. The van der Waals surface area contributed by atoms with Crippen LogP contribution in [-0.2, 0) is 43.0 Å². The maximum atomic E-state index is 12.6. The van der Waals surface area contributed by atoms with Gasteiger partial charge in [-0.2, -0.15) is 4.98 Å². The highest BCUT2D eigenvalue weighted by molar-refractivity contribution is 6.30. The van der Waals surface area contributed by atoms with Gasteiger partial charge in [0.05, 0.1) is 12.0 Å². The zero-order valence-corrected chi connectivity index (χ0v) is 18.4. The normalized spacial score (nSPS) is 25.6. The molecule has 1 aromatic heterocycles. The van der Waals surface area contributed by atoms with Crippen molar-refractivity contribution >= 4 is 29.7 Å². The van der Waals surface area contributed by atoms with Gasteiger partial charge in [0.2, 0.25) is 0 Å². The predicted molar refractivity (Wildman–Crippen MR) is 107 cm³/mol. The van der Waals surface area contributed by atoms with Gasteiger partial charge >= 0.3 is 29.6 Å². The van der Waals surface area contributed by atoms with Gasteiger partial charge in [-0.05, 0) is 6.92 Å². The molecule has 1 aromatic rings. The molecular weight excluding hydrogens is 460 g/mol. The summed E-state index contributed by atoms with van der Waals surface area (Å²) in [6.07, 6.45) is -4.60. The average molecular weight is 484 g/mol. The van der Waals surface area contributed by atoms with E-state index in [0.29, 0.717) is 0 Å². The van der Waals surface area contributed by atoms with E-state index in [-0.39, 0.29) is 12.4 Å². The van der Waals surface area contributed by atoms with Crippen LogP contribution in [0.15, 0.2) is 17.1 Å². The summed E-state index contributed by atoms with van der Waals surface area (Å²) in [4.78, 5) is 67.9. The van der Waals surface area contributed by atoms with Gasteiger partial charge in [-0.25, -0.2) is 24.7 Å². The fourth-order valence-electron chi connectivity index (χ4n) is 3.04. The monoisotopic (exact) mass is 484 g/mol. The zero-order valence-electron chi connectivity index (χ0n) is 18.4. The van der Waals surface area contributed by atoms with E-state index in [0.717, 1.165) is 4.57 Å². The number of carbonyl (C=O) groups is 4. The van der Waals surface area contributed by atoms with Crippen LogP contribution >= 0.6 is 0 Å². The Morgan fingerprint density at radius 3 is 2.41 bits per heavy atom. The van der Waals surface area contributed by atoms with Gasteiger partial charge in [0, 0.05) is 12.3 Å². The number of aliphatic hydroxyl groups is 1. The molecular formula is C19H24N4O11. The molecule has 2 aliphatic heterocycles. The van der Waals surface area contributed by atoms with Gasteiger partial charge in [-0.1, -0.05) is 13.8 Å². The van der Waals surface area contributed by atoms with Crippen LogP contribution in [0.3, 0.4) is 0 Å². The van der Waals surface area contributed by atoms with Crippen LogP contribution < -0.4 is 16.9 Å². The minimum absolute atomic E-state index is 0.170. The van der Waals surface area contributed by atoms with Crippen molar-refractivity contribution in [2.45, 2.75) is 57.5 Å². The standard InChI is InChI=1S/C19H24N4O11/c1-7(2)15(25)30-6-9-12-13(33-18(28)17(27)32-12)14(31-9)23-5-4-10(21-19(23)29)22-34-16(26)11(20)8(3)24/h4-5,7-9,11-14,24H,6,20H2,1-3H3,(H,21,22,29)/t8-,9+,11-,12?,13?,14+/m0/s1. The van der Waals surface area contributed by atoms with E-state index >= 15 is 0 Å².